The summed E-state index contributed by atoms with van der Waals surface area (Å²) in [6.45, 7) is 0. The topological polar surface area (TPSA) is 30.0 Å². The molecule has 1 aromatic carbocycles. The van der Waals surface area contributed by atoms with Crippen LogP contribution in [-0.4, -0.2) is 10.2 Å². The van der Waals surface area contributed by atoms with E-state index < -0.39 is 0 Å². The molecule has 4 rings (SSSR count). The Morgan fingerprint density at radius 1 is 1.17 bits per heavy atom. The van der Waals surface area contributed by atoms with Crippen LogP contribution in [0.1, 0.15) is 43.6 Å². The van der Waals surface area contributed by atoms with Gasteiger partial charge in [0.05, 0.1) is 5.52 Å². The van der Waals surface area contributed by atoms with Gasteiger partial charge in [0.1, 0.15) is 5.82 Å². The third-order valence-corrected chi connectivity index (χ3v) is 5.89. The van der Waals surface area contributed by atoms with E-state index in [1.807, 2.05) is 12.3 Å². The number of nitrogens with zero attached hydrogens (tertiary/aromatic N) is 1. The van der Waals surface area contributed by atoms with Crippen LogP contribution < -0.4 is 0 Å². The fourth-order valence-corrected chi connectivity index (χ4v) is 5.10. The van der Waals surface area contributed by atoms with Crippen molar-refractivity contribution in [1.82, 2.24) is 4.98 Å². The number of carbonyl (C=O) groups excluding carboxylic acids is 1. The molecule has 2 saturated carbocycles. The second-order valence-electron chi connectivity index (χ2n) is 7.15. The predicted octanol–water partition coefficient (Wildman–Crippen LogP) is 5.05. The molecule has 2 aliphatic carbocycles. The van der Waals surface area contributed by atoms with Crippen LogP contribution >= 0.6 is 11.6 Å². The van der Waals surface area contributed by atoms with Crippen molar-refractivity contribution in [2.24, 2.45) is 17.8 Å². The molecule has 2 fully saturated rings. The summed E-state index contributed by atoms with van der Waals surface area (Å²) >= 11 is 5.54. The Balaban J connectivity index is 1.56. The first-order chi connectivity index (χ1) is 11.1. The lowest BCUT2D eigenvalue weighted by atomic mass is 9.90. The van der Waals surface area contributed by atoms with Gasteiger partial charge >= 0.3 is 0 Å². The van der Waals surface area contributed by atoms with E-state index in [0.29, 0.717) is 30.1 Å². The lowest BCUT2D eigenvalue weighted by Crippen LogP contribution is -2.04. The third-order valence-electron chi connectivity index (χ3n) is 5.74. The molecular weight excluding hydrogens is 313 g/mol. The molecule has 2 aliphatic rings. The zero-order chi connectivity index (χ0) is 16.0. The van der Waals surface area contributed by atoms with Crippen LogP contribution in [0.5, 0.6) is 0 Å². The number of rotatable bonds is 3. The minimum absolute atomic E-state index is 0.203. The van der Waals surface area contributed by atoms with E-state index in [1.165, 1.54) is 11.6 Å². The average molecular weight is 332 g/mol. The summed E-state index contributed by atoms with van der Waals surface area (Å²) < 4.78 is 13.6. The van der Waals surface area contributed by atoms with Gasteiger partial charge in [-0.05, 0) is 90.8 Å². The quantitative estimate of drug-likeness (QED) is 0.737. The van der Waals surface area contributed by atoms with Gasteiger partial charge in [0.25, 0.3) is 0 Å². The standard InChI is InChI=1S/C19H19ClFNO/c20-19(23)7-11-5-12-8-14(9-13(12)6-11)16-3-4-22-18-2-1-15(21)10-17(16)18/h1-4,10-14H,5-9H2/t11?,12-,13+,14?. The highest BCUT2D eigenvalue weighted by Crippen LogP contribution is 2.53. The lowest BCUT2D eigenvalue weighted by Gasteiger charge is -2.16. The van der Waals surface area contributed by atoms with Crippen molar-refractivity contribution < 1.29 is 9.18 Å². The highest BCUT2D eigenvalue weighted by Gasteiger charge is 2.42. The van der Waals surface area contributed by atoms with Crippen molar-refractivity contribution in [2.45, 2.75) is 38.0 Å². The van der Waals surface area contributed by atoms with Crippen molar-refractivity contribution in [1.29, 1.82) is 0 Å². The predicted molar refractivity (Wildman–Crippen MR) is 88.9 cm³/mol. The Morgan fingerprint density at radius 3 is 2.61 bits per heavy atom. The highest BCUT2D eigenvalue weighted by molar-refractivity contribution is 6.63. The minimum atomic E-state index is -0.206. The van der Waals surface area contributed by atoms with E-state index in [0.717, 1.165) is 36.6 Å². The van der Waals surface area contributed by atoms with Crippen molar-refractivity contribution in [3.63, 3.8) is 0 Å². The summed E-state index contributed by atoms with van der Waals surface area (Å²) in [6.07, 6.45) is 6.83. The first-order valence-electron chi connectivity index (χ1n) is 8.32. The lowest BCUT2D eigenvalue weighted by molar-refractivity contribution is -0.112. The van der Waals surface area contributed by atoms with E-state index in [2.05, 4.69) is 4.98 Å². The number of halogens is 2. The molecule has 0 saturated heterocycles. The first-order valence-corrected chi connectivity index (χ1v) is 8.70. The summed E-state index contributed by atoms with van der Waals surface area (Å²) in [5, 5.41) is 0.743. The molecule has 0 N–H and O–H groups in total. The van der Waals surface area contributed by atoms with Gasteiger partial charge in [-0.1, -0.05) is 0 Å². The minimum Gasteiger partial charge on any atom is -0.281 e. The average Bonchev–Trinajstić information content (AvgIpc) is 3.04. The van der Waals surface area contributed by atoms with Crippen LogP contribution in [0, 0.1) is 23.6 Å². The molecule has 0 radical (unpaired) electrons. The normalized spacial score (nSPS) is 29.8. The molecule has 2 aromatic rings. The van der Waals surface area contributed by atoms with Gasteiger partial charge in [0.15, 0.2) is 0 Å². The third kappa shape index (κ3) is 2.87. The summed E-state index contributed by atoms with van der Waals surface area (Å²) in [5.74, 6) is 2.09. The van der Waals surface area contributed by atoms with Crippen LogP contribution in [0.25, 0.3) is 10.9 Å². The van der Waals surface area contributed by atoms with E-state index >= 15 is 0 Å². The Hall–Kier alpha value is -1.48. The fraction of sp³-hybridized carbons (Fsp3) is 0.474. The van der Waals surface area contributed by atoms with Crippen molar-refractivity contribution in [3.8, 4) is 0 Å². The zero-order valence-electron chi connectivity index (χ0n) is 12.8. The molecule has 4 atom stereocenters. The van der Waals surface area contributed by atoms with Crippen LogP contribution in [0.15, 0.2) is 30.5 Å². The van der Waals surface area contributed by atoms with Crippen LogP contribution in [0.4, 0.5) is 4.39 Å². The largest absolute Gasteiger partial charge is 0.281 e. The summed E-state index contributed by atoms with van der Waals surface area (Å²) in [7, 11) is 0. The molecule has 1 heterocycles. The SMILES string of the molecule is O=C(Cl)CC1C[C@@H]2CC(c3ccnc4ccc(F)cc34)C[C@@H]2C1. The molecule has 2 nitrogen and oxygen atoms in total. The van der Waals surface area contributed by atoms with Crippen molar-refractivity contribution in [3.05, 3.63) is 41.8 Å². The van der Waals surface area contributed by atoms with Gasteiger partial charge in [-0.3, -0.25) is 9.78 Å². The second-order valence-corrected chi connectivity index (χ2v) is 7.57. The fourth-order valence-electron chi connectivity index (χ4n) is 4.89. The number of fused-ring (bicyclic) bond motifs is 2. The molecular formula is C19H19ClFNO. The van der Waals surface area contributed by atoms with Crippen LogP contribution in [-0.2, 0) is 4.79 Å². The van der Waals surface area contributed by atoms with Crippen molar-refractivity contribution >= 4 is 27.7 Å². The molecule has 0 spiro atoms. The molecule has 4 heteroatoms. The Kier molecular flexibility index (Phi) is 3.84. The van der Waals surface area contributed by atoms with Crippen molar-refractivity contribution in [2.75, 3.05) is 0 Å². The van der Waals surface area contributed by atoms with E-state index in [1.54, 1.807) is 12.1 Å². The number of benzene rings is 1. The summed E-state index contributed by atoms with van der Waals surface area (Å²) in [4.78, 5) is 15.5. The van der Waals surface area contributed by atoms with Gasteiger partial charge in [-0.15, -0.1) is 0 Å². The van der Waals surface area contributed by atoms with Gasteiger partial charge < -0.3 is 0 Å². The number of hydrogen-bond donors (Lipinski definition) is 0. The molecule has 120 valence electrons. The Bertz CT molecular complexity index is 748. The summed E-state index contributed by atoms with van der Waals surface area (Å²) in [6, 6.07) is 6.89. The van der Waals surface area contributed by atoms with E-state index in [4.69, 9.17) is 11.6 Å². The van der Waals surface area contributed by atoms with E-state index in [9.17, 15) is 9.18 Å². The molecule has 1 aromatic heterocycles. The number of hydrogen-bond acceptors (Lipinski definition) is 2. The number of carbonyl (C=O) groups is 1. The van der Waals surface area contributed by atoms with Gasteiger partial charge in [0, 0.05) is 18.0 Å². The first kappa shape index (κ1) is 15.1. The van der Waals surface area contributed by atoms with Crippen LogP contribution in [0.3, 0.4) is 0 Å². The van der Waals surface area contributed by atoms with Gasteiger partial charge in [0.2, 0.25) is 5.24 Å². The molecule has 2 unspecified atom stereocenters. The van der Waals surface area contributed by atoms with Gasteiger partial charge in [-0.2, -0.15) is 0 Å². The molecule has 0 bridgehead atoms. The Morgan fingerprint density at radius 2 is 1.91 bits per heavy atom. The smallest absolute Gasteiger partial charge is 0.221 e. The highest BCUT2D eigenvalue weighted by atomic mass is 35.5. The number of aromatic nitrogens is 1. The van der Waals surface area contributed by atoms with Gasteiger partial charge in [-0.25, -0.2) is 4.39 Å². The maximum Gasteiger partial charge on any atom is 0.221 e. The molecule has 23 heavy (non-hydrogen) atoms. The zero-order valence-corrected chi connectivity index (χ0v) is 13.6. The Labute approximate surface area is 140 Å². The second kappa shape index (κ2) is 5.86. The number of pyridine rings is 1. The maximum absolute atomic E-state index is 13.6. The maximum atomic E-state index is 13.6. The monoisotopic (exact) mass is 331 g/mol. The van der Waals surface area contributed by atoms with E-state index in [-0.39, 0.29) is 11.1 Å². The van der Waals surface area contributed by atoms with Crippen LogP contribution in [0.2, 0.25) is 0 Å². The molecule has 0 amide bonds. The summed E-state index contributed by atoms with van der Waals surface area (Å²) in [5.41, 5.74) is 2.10. The molecule has 0 aliphatic heterocycles.